The van der Waals surface area contributed by atoms with Crippen LogP contribution < -0.4 is 0 Å². The summed E-state index contributed by atoms with van der Waals surface area (Å²) < 4.78 is 28.8. The van der Waals surface area contributed by atoms with E-state index >= 15 is 0 Å². The van der Waals surface area contributed by atoms with Gasteiger partial charge in [-0.05, 0) is 37.1 Å². The number of sulfonamides is 1. The number of amides is 1. The summed E-state index contributed by atoms with van der Waals surface area (Å²) in [5.74, 6) is 0.500. The van der Waals surface area contributed by atoms with Gasteiger partial charge in [0.1, 0.15) is 5.82 Å². The van der Waals surface area contributed by atoms with E-state index in [0.29, 0.717) is 36.9 Å². The standard InChI is InChI=1S/C19H23ClN4O3S/c1-15-21-18(14-22(15)2)28(26,27)24-11-3-10-23(12-13-24)19(25)9-6-16-4-7-17(20)8-5-16/h4-9,14H,3,10-13H2,1-2H3/b9-6+. The first-order chi connectivity index (χ1) is 13.3. The number of nitrogens with zero attached hydrogens (tertiary/aromatic N) is 4. The Kier molecular flexibility index (Phi) is 6.22. The lowest BCUT2D eigenvalue weighted by atomic mass is 10.2. The number of imidazole rings is 1. The molecule has 0 atom stereocenters. The number of aromatic nitrogens is 2. The average Bonchev–Trinajstić information content (AvgIpc) is 2.87. The molecule has 0 saturated carbocycles. The van der Waals surface area contributed by atoms with Crippen molar-refractivity contribution in [3.8, 4) is 0 Å². The Labute approximate surface area is 170 Å². The zero-order valence-electron chi connectivity index (χ0n) is 15.9. The monoisotopic (exact) mass is 422 g/mol. The molecule has 1 fully saturated rings. The largest absolute Gasteiger partial charge is 0.338 e. The SMILES string of the molecule is Cc1nc(S(=O)(=O)N2CCCN(C(=O)/C=C/c3ccc(Cl)cc3)CC2)cn1C. The minimum absolute atomic E-state index is 0.0508. The fourth-order valence-corrected chi connectivity index (χ4v) is 4.60. The molecule has 1 amide bonds. The third-order valence-corrected chi connectivity index (χ3v) is 6.77. The van der Waals surface area contributed by atoms with Gasteiger partial charge in [0, 0.05) is 50.5 Å². The molecule has 0 aliphatic carbocycles. The van der Waals surface area contributed by atoms with E-state index in [2.05, 4.69) is 4.98 Å². The number of aryl methyl sites for hydroxylation is 2. The summed E-state index contributed by atoms with van der Waals surface area (Å²) in [6.45, 7) is 3.22. The van der Waals surface area contributed by atoms with Crippen LogP contribution in [-0.4, -0.2) is 59.3 Å². The number of carbonyl (C=O) groups excluding carboxylic acids is 1. The Morgan fingerprint density at radius 3 is 2.50 bits per heavy atom. The molecule has 2 heterocycles. The number of hydrogen-bond acceptors (Lipinski definition) is 4. The van der Waals surface area contributed by atoms with Gasteiger partial charge in [0.15, 0.2) is 5.03 Å². The Morgan fingerprint density at radius 1 is 1.14 bits per heavy atom. The van der Waals surface area contributed by atoms with Crippen LogP contribution in [0.1, 0.15) is 17.8 Å². The summed E-state index contributed by atoms with van der Waals surface area (Å²) in [6, 6.07) is 7.19. The second-order valence-corrected chi connectivity index (χ2v) is 9.03. The highest BCUT2D eigenvalue weighted by atomic mass is 35.5. The van der Waals surface area contributed by atoms with Crippen LogP contribution in [0.15, 0.2) is 41.6 Å². The lowest BCUT2D eigenvalue weighted by Gasteiger charge is -2.20. The molecule has 1 aromatic heterocycles. The first kappa shape index (κ1) is 20.6. The maximum Gasteiger partial charge on any atom is 0.262 e. The zero-order valence-corrected chi connectivity index (χ0v) is 17.4. The molecule has 1 saturated heterocycles. The molecule has 1 aliphatic rings. The quantitative estimate of drug-likeness (QED) is 0.708. The predicted octanol–water partition coefficient (Wildman–Crippen LogP) is 2.32. The third-order valence-electron chi connectivity index (χ3n) is 4.75. The van der Waals surface area contributed by atoms with Crippen molar-refractivity contribution >= 4 is 33.6 Å². The van der Waals surface area contributed by atoms with Gasteiger partial charge < -0.3 is 9.47 Å². The number of hydrogen-bond donors (Lipinski definition) is 0. The van der Waals surface area contributed by atoms with Gasteiger partial charge in [-0.1, -0.05) is 23.7 Å². The van der Waals surface area contributed by atoms with E-state index in [1.54, 1.807) is 41.6 Å². The molecule has 0 unspecified atom stereocenters. The van der Waals surface area contributed by atoms with Crippen LogP contribution in [0.2, 0.25) is 5.02 Å². The van der Waals surface area contributed by atoms with Gasteiger partial charge in [0.05, 0.1) is 0 Å². The highest BCUT2D eigenvalue weighted by molar-refractivity contribution is 7.89. The number of rotatable bonds is 4. The molecule has 1 aliphatic heterocycles. The Balaban J connectivity index is 1.65. The number of benzene rings is 1. The Morgan fingerprint density at radius 2 is 1.86 bits per heavy atom. The van der Waals surface area contributed by atoms with Crippen LogP contribution in [-0.2, 0) is 21.9 Å². The molecule has 28 heavy (non-hydrogen) atoms. The van der Waals surface area contributed by atoms with E-state index in [4.69, 9.17) is 11.6 Å². The first-order valence-electron chi connectivity index (χ1n) is 9.00. The molecule has 9 heteroatoms. The van der Waals surface area contributed by atoms with Gasteiger partial charge in [-0.2, -0.15) is 4.31 Å². The first-order valence-corrected chi connectivity index (χ1v) is 10.8. The van der Waals surface area contributed by atoms with Crippen molar-refractivity contribution in [3.05, 3.63) is 52.9 Å². The maximum absolute atomic E-state index is 12.8. The van der Waals surface area contributed by atoms with Gasteiger partial charge in [0.25, 0.3) is 10.0 Å². The minimum atomic E-state index is -3.66. The second-order valence-electron chi connectivity index (χ2n) is 6.71. The second kappa shape index (κ2) is 8.46. The Hall–Kier alpha value is -2.16. The van der Waals surface area contributed by atoms with Gasteiger partial charge in [-0.15, -0.1) is 0 Å². The van der Waals surface area contributed by atoms with Crippen molar-refractivity contribution in [1.29, 1.82) is 0 Å². The minimum Gasteiger partial charge on any atom is -0.338 e. The summed E-state index contributed by atoms with van der Waals surface area (Å²) in [5.41, 5.74) is 0.877. The molecule has 0 spiro atoms. The van der Waals surface area contributed by atoms with Crippen molar-refractivity contribution in [3.63, 3.8) is 0 Å². The third kappa shape index (κ3) is 4.63. The van der Waals surface area contributed by atoms with Crippen LogP contribution in [0.3, 0.4) is 0 Å². The average molecular weight is 423 g/mol. The van der Waals surface area contributed by atoms with Gasteiger partial charge in [-0.25, -0.2) is 13.4 Å². The summed E-state index contributed by atoms with van der Waals surface area (Å²) >= 11 is 5.86. The van der Waals surface area contributed by atoms with E-state index in [1.807, 2.05) is 12.1 Å². The molecule has 150 valence electrons. The van der Waals surface area contributed by atoms with Gasteiger partial charge >= 0.3 is 0 Å². The fourth-order valence-electron chi connectivity index (χ4n) is 2.98. The number of halogens is 1. The van der Waals surface area contributed by atoms with E-state index < -0.39 is 10.0 Å². The van der Waals surface area contributed by atoms with E-state index in [9.17, 15) is 13.2 Å². The van der Waals surface area contributed by atoms with Crippen LogP contribution >= 0.6 is 11.6 Å². The molecule has 0 radical (unpaired) electrons. The zero-order chi connectivity index (χ0) is 20.3. The van der Waals surface area contributed by atoms with E-state index in [-0.39, 0.29) is 17.5 Å². The molecule has 0 bridgehead atoms. The fraction of sp³-hybridized carbons (Fsp3) is 0.368. The van der Waals surface area contributed by atoms with Crippen molar-refractivity contribution in [2.45, 2.75) is 18.4 Å². The van der Waals surface area contributed by atoms with Crippen LogP contribution in [0.25, 0.3) is 6.08 Å². The highest BCUT2D eigenvalue weighted by Crippen LogP contribution is 2.17. The molecule has 2 aromatic rings. The number of carbonyl (C=O) groups is 1. The summed E-state index contributed by atoms with van der Waals surface area (Å²) in [7, 11) is -1.90. The predicted molar refractivity (Wildman–Crippen MR) is 108 cm³/mol. The summed E-state index contributed by atoms with van der Waals surface area (Å²) in [5, 5.41) is 0.690. The van der Waals surface area contributed by atoms with Crippen molar-refractivity contribution in [1.82, 2.24) is 18.8 Å². The molecular weight excluding hydrogens is 400 g/mol. The lowest BCUT2D eigenvalue weighted by molar-refractivity contribution is -0.125. The van der Waals surface area contributed by atoms with Gasteiger partial charge in [0.2, 0.25) is 5.91 Å². The summed E-state index contributed by atoms with van der Waals surface area (Å²) in [6.07, 6.45) is 5.34. The van der Waals surface area contributed by atoms with Crippen molar-refractivity contribution in [2.24, 2.45) is 7.05 Å². The molecular formula is C19H23ClN4O3S. The van der Waals surface area contributed by atoms with Crippen molar-refractivity contribution < 1.29 is 13.2 Å². The molecule has 1 aromatic carbocycles. The van der Waals surface area contributed by atoms with Crippen molar-refractivity contribution in [2.75, 3.05) is 26.2 Å². The molecule has 7 nitrogen and oxygen atoms in total. The summed E-state index contributed by atoms with van der Waals surface area (Å²) in [4.78, 5) is 18.3. The lowest BCUT2D eigenvalue weighted by Crippen LogP contribution is -2.36. The smallest absolute Gasteiger partial charge is 0.262 e. The maximum atomic E-state index is 12.8. The van der Waals surface area contributed by atoms with E-state index in [1.165, 1.54) is 16.6 Å². The van der Waals surface area contributed by atoms with E-state index in [0.717, 1.165) is 5.56 Å². The molecule has 3 rings (SSSR count). The van der Waals surface area contributed by atoms with Crippen LogP contribution in [0, 0.1) is 6.92 Å². The normalized spacial score (nSPS) is 16.5. The Bertz CT molecular complexity index is 964. The molecule has 0 N–H and O–H groups in total. The highest BCUT2D eigenvalue weighted by Gasteiger charge is 2.29. The van der Waals surface area contributed by atoms with Crippen LogP contribution in [0.5, 0.6) is 0 Å². The van der Waals surface area contributed by atoms with Gasteiger partial charge in [-0.3, -0.25) is 4.79 Å². The van der Waals surface area contributed by atoms with Crippen LogP contribution in [0.4, 0.5) is 0 Å². The topological polar surface area (TPSA) is 75.5 Å².